The second-order valence-electron chi connectivity index (χ2n) is 7.97. The Morgan fingerprint density at radius 3 is 2.29 bits per heavy atom. The van der Waals surface area contributed by atoms with Crippen LogP contribution in [-0.4, -0.2) is 72.3 Å². The van der Waals surface area contributed by atoms with Crippen molar-refractivity contribution in [2.45, 2.75) is 0 Å². The number of piperazine rings is 1. The molecular formula is C24H25F2N3O2. The SMILES string of the molecule is O=C(c1ccc(F)c(F)c1)N1CC(C(=O)N2CCN(C/C=C/c3ccccc3)CC2)C1. The Balaban J connectivity index is 1.20. The molecule has 2 aliphatic rings. The lowest BCUT2D eigenvalue weighted by Crippen LogP contribution is -2.59. The van der Waals surface area contributed by atoms with Crippen molar-refractivity contribution in [2.75, 3.05) is 45.8 Å². The van der Waals surface area contributed by atoms with E-state index in [0.29, 0.717) is 26.2 Å². The Morgan fingerprint density at radius 2 is 1.61 bits per heavy atom. The van der Waals surface area contributed by atoms with Crippen LogP contribution in [0.1, 0.15) is 15.9 Å². The molecule has 5 nitrogen and oxygen atoms in total. The minimum atomic E-state index is -1.05. The Hall–Kier alpha value is -3.06. The maximum absolute atomic E-state index is 13.4. The molecule has 0 bridgehead atoms. The van der Waals surface area contributed by atoms with Gasteiger partial charge in [-0.25, -0.2) is 8.78 Å². The number of amides is 2. The van der Waals surface area contributed by atoms with Crippen molar-refractivity contribution in [1.29, 1.82) is 0 Å². The average Bonchev–Trinajstić information content (AvgIpc) is 2.75. The quantitative estimate of drug-likeness (QED) is 0.740. The summed E-state index contributed by atoms with van der Waals surface area (Å²) < 4.78 is 26.4. The molecule has 4 rings (SSSR count). The average molecular weight is 425 g/mol. The molecule has 2 aliphatic heterocycles. The van der Waals surface area contributed by atoms with E-state index in [-0.39, 0.29) is 23.3 Å². The van der Waals surface area contributed by atoms with E-state index < -0.39 is 11.6 Å². The van der Waals surface area contributed by atoms with Crippen LogP contribution >= 0.6 is 0 Å². The molecule has 162 valence electrons. The van der Waals surface area contributed by atoms with Crippen molar-refractivity contribution in [2.24, 2.45) is 5.92 Å². The first-order valence-electron chi connectivity index (χ1n) is 10.5. The summed E-state index contributed by atoms with van der Waals surface area (Å²) in [5.41, 5.74) is 1.27. The largest absolute Gasteiger partial charge is 0.340 e. The molecule has 0 radical (unpaired) electrons. The number of hydrogen-bond donors (Lipinski definition) is 0. The predicted octanol–water partition coefficient (Wildman–Crippen LogP) is 2.89. The zero-order valence-corrected chi connectivity index (χ0v) is 17.2. The lowest BCUT2D eigenvalue weighted by Gasteiger charge is -2.42. The lowest BCUT2D eigenvalue weighted by molar-refractivity contribution is -0.141. The molecule has 31 heavy (non-hydrogen) atoms. The molecule has 7 heteroatoms. The number of rotatable bonds is 5. The number of carbonyl (C=O) groups excluding carboxylic acids is 2. The molecule has 0 atom stereocenters. The molecule has 2 aromatic carbocycles. The molecule has 0 aliphatic carbocycles. The van der Waals surface area contributed by atoms with Gasteiger partial charge in [0.25, 0.3) is 5.91 Å². The third kappa shape index (κ3) is 4.99. The van der Waals surface area contributed by atoms with Crippen LogP contribution in [0.15, 0.2) is 54.6 Å². The maximum atomic E-state index is 13.4. The first-order chi connectivity index (χ1) is 15.0. The van der Waals surface area contributed by atoms with E-state index >= 15 is 0 Å². The Bertz CT molecular complexity index is 966. The van der Waals surface area contributed by atoms with Crippen LogP contribution in [0.4, 0.5) is 8.78 Å². The van der Waals surface area contributed by atoms with Gasteiger partial charge < -0.3 is 9.80 Å². The summed E-state index contributed by atoms with van der Waals surface area (Å²) in [4.78, 5) is 30.8. The van der Waals surface area contributed by atoms with Crippen molar-refractivity contribution in [3.63, 3.8) is 0 Å². The van der Waals surface area contributed by atoms with Gasteiger partial charge in [0.15, 0.2) is 11.6 Å². The van der Waals surface area contributed by atoms with E-state index in [1.54, 1.807) is 0 Å². The Morgan fingerprint density at radius 1 is 0.903 bits per heavy atom. The van der Waals surface area contributed by atoms with Gasteiger partial charge >= 0.3 is 0 Å². The zero-order chi connectivity index (χ0) is 21.8. The number of hydrogen-bond acceptors (Lipinski definition) is 3. The maximum Gasteiger partial charge on any atom is 0.254 e. The molecule has 2 aromatic rings. The Labute approximate surface area is 180 Å². The highest BCUT2D eigenvalue weighted by molar-refractivity contribution is 5.96. The van der Waals surface area contributed by atoms with Crippen molar-refractivity contribution >= 4 is 17.9 Å². The molecule has 2 fully saturated rings. The van der Waals surface area contributed by atoms with Crippen molar-refractivity contribution in [3.8, 4) is 0 Å². The van der Waals surface area contributed by atoms with Gasteiger partial charge in [0.05, 0.1) is 5.92 Å². The molecule has 0 N–H and O–H groups in total. The van der Waals surface area contributed by atoms with Gasteiger partial charge in [-0.15, -0.1) is 0 Å². The van der Waals surface area contributed by atoms with Crippen molar-refractivity contribution < 1.29 is 18.4 Å². The number of halogens is 2. The molecule has 0 aromatic heterocycles. The van der Waals surface area contributed by atoms with E-state index in [0.717, 1.165) is 31.8 Å². The fourth-order valence-electron chi connectivity index (χ4n) is 3.92. The van der Waals surface area contributed by atoms with Crippen LogP contribution in [0.3, 0.4) is 0 Å². The van der Waals surface area contributed by atoms with Gasteiger partial charge in [-0.3, -0.25) is 14.5 Å². The second-order valence-corrected chi connectivity index (χ2v) is 7.97. The summed E-state index contributed by atoms with van der Waals surface area (Å²) in [5, 5.41) is 0. The molecule has 0 unspecified atom stereocenters. The van der Waals surface area contributed by atoms with E-state index in [9.17, 15) is 18.4 Å². The predicted molar refractivity (Wildman–Crippen MR) is 114 cm³/mol. The summed E-state index contributed by atoms with van der Waals surface area (Å²) >= 11 is 0. The van der Waals surface area contributed by atoms with E-state index in [2.05, 4.69) is 29.2 Å². The van der Waals surface area contributed by atoms with Gasteiger partial charge in [-0.1, -0.05) is 42.5 Å². The number of carbonyl (C=O) groups is 2. The van der Waals surface area contributed by atoms with Crippen LogP contribution in [0.2, 0.25) is 0 Å². The van der Waals surface area contributed by atoms with Gasteiger partial charge in [-0.05, 0) is 23.8 Å². The molecular weight excluding hydrogens is 400 g/mol. The zero-order valence-electron chi connectivity index (χ0n) is 17.2. The monoisotopic (exact) mass is 425 g/mol. The second kappa shape index (κ2) is 9.39. The summed E-state index contributed by atoms with van der Waals surface area (Å²) in [6, 6.07) is 13.2. The Kier molecular flexibility index (Phi) is 6.42. The fraction of sp³-hybridized carbons (Fsp3) is 0.333. The summed E-state index contributed by atoms with van der Waals surface area (Å²) in [6.07, 6.45) is 4.24. The van der Waals surface area contributed by atoms with E-state index in [4.69, 9.17) is 0 Å². The summed E-state index contributed by atoms with van der Waals surface area (Å²) in [6.45, 7) is 4.45. The van der Waals surface area contributed by atoms with Gasteiger partial charge in [0, 0.05) is 51.4 Å². The third-order valence-corrected chi connectivity index (χ3v) is 5.84. The molecule has 2 saturated heterocycles. The highest BCUT2D eigenvalue weighted by Crippen LogP contribution is 2.22. The highest BCUT2D eigenvalue weighted by Gasteiger charge is 2.38. The fourth-order valence-corrected chi connectivity index (χ4v) is 3.92. The first kappa shape index (κ1) is 21.2. The third-order valence-electron chi connectivity index (χ3n) is 5.84. The van der Waals surface area contributed by atoms with Crippen LogP contribution < -0.4 is 0 Å². The van der Waals surface area contributed by atoms with Gasteiger partial charge in [0.2, 0.25) is 5.91 Å². The number of benzene rings is 2. The summed E-state index contributed by atoms with van der Waals surface area (Å²) in [5.74, 6) is -2.57. The molecule has 2 heterocycles. The highest BCUT2D eigenvalue weighted by atomic mass is 19.2. The smallest absolute Gasteiger partial charge is 0.254 e. The molecule has 0 spiro atoms. The van der Waals surface area contributed by atoms with Crippen molar-refractivity contribution in [3.05, 3.63) is 77.4 Å². The molecule has 2 amide bonds. The molecule has 0 saturated carbocycles. The topological polar surface area (TPSA) is 43.9 Å². The van der Waals surface area contributed by atoms with Crippen LogP contribution in [0.5, 0.6) is 0 Å². The van der Waals surface area contributed by atoms with Crippen LogP contribution in [0.25, 0.3) is 6.08 Å². The minimum Gasteiger partial charge on any atom is -0.340 e. The van der Waals surface area contributed by atoms with Crippen LogP contribution in [-0.2, 0) is 4.79 Å². The van der Waals surface area contributed by atoms with E-state index in [1.165, 1.54) is 16.5 Å². The van der Waals surface area contributed by atoms with Crippen LogP contribution in [0, 0.1) is 17.6 Å². The normalized spacial score (nSPS) is 17.7. The van der Waals surface area contributed by atoms with E-state index in [1.807, 2.05) is 23.1 Å². The van der Waals surface area contributed by atoms with Gasteiger partial charge in [0.1, 0.15) is 0 Å². The first-order valence-corrected chi connectivity index (χ1v) is 10.5. The van der Waals surface area contributed by atoms with Crippen molar-refractivity contribution in [1.82, 2.24) is 14.7 Å². The summed E-state index contributed by atoms with van der Waals surface area (Å²) in [7, 11) is 0. The lowest BCUT2D eigenvalue weighted by atomic mass is 9.96. The van der Waals surface area contributed by atoms with Gasteiger partial charge in [-0.2, -0.15) is 0 Å². The number of nitrogens with zero attached hydrogens (tertiary/aromatic N) is 3. The number of likely N-dealkylation sites (tertiary alicyclic amines) is 1. The minimum absolute atomic E-state index is 0.0637. The standard InChI is InChI=1S/C24H25F2N3O2/c25-21-9-8-19(15-22(21)26)23(30)29-16-20(17-29)24(31)28-13-11-27(12-14-28)10-4-7-18-5-2-1-3-6-18/h1-9,15,20H,10-14,16-17H2/b7-4+.